The third-order valence-electron chi connectivity index (χ3n) is 3.70. The Balaban J connectivity index is 2.22. The summed E-state index contributed by atoms with van der Waals surface area (Å²) < 4.78 is 28.4. The zero-order valence-corrected chi connectivity index (χ0v) is 15.1. The maximum atomic E-state index is 12.2. The normalized spacial score (nSPS) is 19.8. The van der Waals surface area contributed by atoms with E-state index >= 15 is 0 Å². The lowest BCUT2D eigenvalue weighted by atomic mass is 10.2. The minimum absolute atomic E-state index is 0.00593. The molecule has 0 unspecified atom stereocenters. The van der Waals surface area contributed by atoms with E-state index in [0.717, 1.165) is 0 Å². The first-order chi connectivity index (χ1) is 11.3. The minimum atomic E-state index is -3.08. The maximum absolute atomic E-state index is 12.2. The van der Waals surface area contributed by atoms with Crippen LogP contribution in [-0.2, 0) is 19.4 Å². The zero-order chi connectivity index (χ0) is 17.7. The van der Waals surface area contributed by atoms with E-state index in [1.807, 2.05) is 0 Å². The summed E-state index contributed by atoms with van der Waals surface area (Å²) in [4.78, 5) is 13.7. The predicted octanol–water partition coefficient (Wildman–Crippen LogP) is 1.75. The molecular weight excluding hydrogens is 354 g/mol. The first-order valence-corrected chi connectivity index (χ1v) is 9.72. The standard InChI is InChI=1S/C15H20ClN3O4S/c1-3-23-15(20)14(18-17-13-7-5-4-6-12(13)16)19(2)11-8-9-24(21,22)10-11/h4-7,11,17H,3,8-10H2,1-2H3/b18-14-/t11-/m0/s1. The van der Waals surface area contributed by atoms with Crippen LogP contribution in [0.25, 0.3) is 0 Å². The summed E-state index contributed by atoms with van der Waals surface area (Å²) in [7, 11) is -1.44. The second-order valence-corrected chi connectivity index (χ2v) is 8.05. The Kier molecular flexibility index (Phi) is 6.06. The quantitative estimate of drug-likeness (QED) is 0.374. The molecule has 132 valence electrons. The average molecular weight is 374 g/mol. The number of nitrogens with zero attached hydrogens (tertiary/aromatic N) is 2. The summed E-state index contributed by atoms with van der Waals surface area (Å²) in [6.45, 7) is 1.89. The molecule has 1 atom stereocenters. The van der Waals surface area contributed by atoms with Crippen molar-refractivity contribution in [2.24, 2.45) is 5.10 Å². The number of ether oxygens (including phenoxy) is 1. The fourth-order valence-electron chi connectivity index (χ4n) is 2.38. The highest BCUT2D eigenvalue weighted by Gasteiger charge is 2.34. The lowest BCUT2D eigenvalue weighted by Crippen LogP contribution is -2.43. The van der Waals surface area contributed by atoms with E-state index in [2.05, 4.69) is 10.5 Å². The largest absolute Gasteiger partial charge is 0.460 e. The van der Waals surface area contributed by atoms with Crippen LogP contribution in [0.3, 0.4) is 0 Å². The second kappa shape index (κ2) is 7.85. The molecular formula is C15H20ClN3O4S. The van der Waals surface area contributed by atoms with E-state index in [0.29, 0.717) is 17.1 Å². The smallest absolute Gasteiger partial charge is 0.375 e. The molecule has 1 aromatic rings. The number of nitrogens with one attached hydrogen (secondary N) is 1. The summed E-state index contributed by atoms with van der Waals surface area (Å²) in [5, 5.41) is 4.56. The molecule has 0 amide bonds. The van der Waals surface area contributed by atoms with E-state index < -0.39 is 15.8 Å². The summed E-state index contributed by atoms with van der Waals surface area (Å²) in [6, 6.07) is 6.65. The number of hydrogen-bond acceptors (Lipinski definition) is 6. The van der Waals surface area contributed by atoms with Crippen molar-refractivity contribution in [3.05, 3.63) is 29.3 Å². The molecule has 9 heteroatoms. The van der Waals surface area contributed by atoms with Gasteiger partial charge in [-0.1, -0.05) is 23.7 Å². The molecule has 7 nitrogen and oxygen atoms in total. The molecule has 0 saturated carbocycles. The van der Waals surface area contributed by atoms with E-state index in [-0.39, 0.29) is 30.0 Å². The number of para-hydroxylation sites is 1. The number of sulfone groups is 1. The summed E-state index contributed by atoms with van der Waals surface area (Å²) in [5.41, 5.74) is 3.28. The molecule has 0 aromatic heterocycles. The van der Waals surface area contributed by atoms with Gasteiger partial charge in [0, 0.05) is 13.1 Å². The molecule has 0 aliphatic carbocycles. The van der Waals surface area contributed by atoms with Crippen molar-refractivity contribution in [2.75, 3.05) is 30.6 Å². The summed E-state index contributed by atoms with van der Waals surface area (Å²) in [5.74, 6) is -0.507. The third-order valence-corrected chi connectivity index (χ3v) is 5.78. The molecule has 0 radical (unpaired) electrons. The number of hydrogen-bond donors (Lipinski definition) is 1. The van der Waals surface area contributed by atoms with Crippen LogP contribution in [0.5, 0.6) is 0 Å². The van der Waals surface area contributed by atoms with Gasteiger partial charge < -0.3 is 9.64 Å². The van der Waals surface area contributed by atoms with Gasteiger partial charge in [0.05, 0.1) is 28.8 Å². The Labute approximate surface area is 146 Å². The van der Waals surface area contributed by atoms with Gasteiger partial charge in [0.2, 0.25) is 5.84 Å². The van der Waals surface area contributed by atoms with Crippen LogP contribution in [0.4, 0.5) is 5.69 Å². The highest BCUT2D eigenvalue weighted by molar-refractivity contribution is 7.91. The van der Waals surface area contributed by atoms with Crippen molar-refractivity contribution in [3.63, 3.8) is 0 Å². The number of hydrazone groups is 1. The van der Waals surface area contributed by atoms with Gasteiger partial charge in [-0.2, -0.15) is 0 Å². The van der Waals surface area contributed by atoms with Gasteiger partial charge in [-0.3, -0.25) is 5.43 Å². The number of rotatable bonds is 4. The Morgan fingerprint density at radius 1 is 1.46 bits per heavy atom. The molecule has 1 aliphatic rings. The summed E-state index contributed by atoms with van der Waals surface area (Å²) in [6.07, 6.45) is 0.448. The van der Waals surface area contributed by atoms with Gasteiger partial charge in [0.25, 0.3) is 0 Å². The van der Waals surface area contributed by atoms with Crippen LogP contribution in [0, 0.1) is 0 Å². The fourth-order valence-corrected chi connectivity index (χ4v) is 4.34. The van der Waals surface area contributed by atoms with Crippen LogP contribution in [0.1, 0.15) is 13.3 Å². The number of anilines is 1. The SMILES string of the molecule is CCOC(=O)/C(=N/Nc1ccccc1Cl)N(C)[C@H]1CCS(=O)(=O)C1. The maximum Gasteiger partial charge on any atom is 0.375 e. The fraction of sp³-hybridized carbons (Fsp3) is 0.467. The van der Waals surface area contributed by atoms with Gasteiger partial charge in [0.15, 0.2) is 9.84 Å². The van der Waals surface area contributed by atoms with Crippen molar-refractivity contribution in [3.8, 4) is 0 Å². The minimum Gasteiger partial charge on any atom is -0.460 e. The van der Waals surface area contributed by atoms with E-state index in [4.69, 9.17) is 16.3 Å². The lowest BCUT2D eigenvalue weighted by Gasteiger charge is -2.25. The topological polar surface area (TPSA) is 88.1 Å². The van der Waals surface area contributed by atoms with E-state index in [1.54, 1.807) is 43.1 Å². The summed E-state index contributed by atoms with van der Waals surface area (Å²) >= 11 is 6.05. The number of carbonyl (C=O) groups excluding carboxylic acids is 1. The molecule has 1 N–H and O–H groups in total. The van der Waals surface area contributed by atoms with Crippen LogP contribution in [-0.4, -0.2) is 56.3 Å². The molecule has 1 saturated heterocycles. The van der Waals surface area contributed by atoms with Crippen molar-refractivity contribution < 1.29 is 17.9 Å². The van der Waals surface area contributed by atoms with Crippen molar-refractivity contribution in [1.82, 2.24) is 4.90 Å². The lowest BCUT2D eigenvalue weighted by molar-refractivity contribution is -0.135. The highest BCUT2D eigenvalue weighted by atomic mass is 35.5. The molecule has 24 heavy (non-hydrogen) atoms. The van der Waals surface area contributed by atoms with Crippen molar-refractivity contribution in [2.45, 2.75) is 19.4 Å². The number of esters is 1. The van der Waals surface area contributed by atoms with Gasteiger partial charge in [0.1, 0.15) is 0 Å². The van der Waals surface area contributed by atoms with Crippen molar-refractivity contribution in [1.29, 1.82) is 0 Å². The molecule has 1 heterocycles. The number of carbonyl (C=O) groups is 1. The van der Waals surface area contributed by atoms with Gasteiger partial charge >= 0.3 is 5.97 Å². The van der Waals surface area contributed by atoms with Gasteiger partial charge in [-0.15, -0.1) is 5.10 Å². The highest BCUT2D eigenvalue weighted by Crippen LogP contribution is 2.21. The second-order valence-electron chi connectivity index (χ2n) is 5.42. The Hall–Kier alpha value is -1.80. The van der Waals surface area contributed by atoms with Crippen molar-refractivity contribution >= 4 is 38.9 Å². The first-order valence-electron chi connectivity index (χ1n) is 7.52. The van der Waals surface area contributed by atoms with Gasteiger partial charge in [-0.05, 0) is 25.5 Å². The van der Waals surface area contributed by atoms with Crippen LogP contribution >= 0.6 is 11.6 Å². The van der Waals surface area contributed by atoms with Crippen LogP contribution in [0.15, 0.2) is 29.4 Å². The molecule has 1 aliphatic heterocycles. The third kappa shape index (κ3) is 4.61. The number of benzene rings is 1. The monoisotopic (exact) mass is 373 g/mol. The number of likely N-dealkylation sites (N-methyl/N-ethyl adjacent to an activating group) is 1. The number of amidine groups is 1. The average Bonchev–Trinajstić information content (AvgIpc) is 2.89. The van der Waals surface area contributed by atoms with E-state index in [9.17, 15) is 13.2 Å². The number of halogens is 1. The van der Waals surface area contributed by atoms with E-state index in [1.165, 1.54) is 0 Å². The Bertz CT molecular complexity index is 736. The van der Waals surface area contributed by atoms with Crippen LogP contribution < -0.4 is 5.43 Å². The zero-order valence-electron chi connectivity index (χ0n) is 13.5. The van der Waals surface area contributed by atoms with Crippen LogP contribution in [0.2, 0.25) is 5.02 Å². The first kappa shape index (κ1) is 18.5. The Morgan fingerprint density at radius 2 is 2.17 bits per heavy atom. The molecule has 0 spiro atoms. The molecule has 1 fully saturated rings. The molecule has 1 aromatic carbocycles. The molecule has 0 bridgehead atoms. The van der Waals surface area contributed by atoms with Gasteiger partial charge in [-0.25, -0.2) is 13.2 Å². The molecule has 2 rings (SSSR count). The predicted molar refractivity (Wildman–Crippen MR) is 94.0 cm³/mol. The Morgan fingerprint density at radius 3 is 2.75 bits per heavy atom.